The van der Waals surface area contributed by atoms with E-state index in [4.69, 9.17) is 0 Å². The molecular formula is C15H14N6OS. The van der Waals surface area contributed by atoms with E-state index in [-0.39, 0.29) is 11.2 Å². The lowest BCUT2D eigenvalue weighted by atomic mass is 10.3. The molecule has 0 radical (unpaired) electrons. The highest BCUT2D eigenvalue weighted by Crippen LogP contribution is 2.23. The number of nitrogens with zero attached hydrogens (tertiary/aromatic N) is 5. The van der Waals surface area contributed by atoms with Crippen LogP contribution in [0.5, 0.6) is 0 Å². The van der Waals surface area contributed by atoms with Gasteiger partial charge in [0.05, 0.1) is 10.9 Å². The first-order chi connectivity index (χ1) is 11.2. The van der Waals surface area contributed by atoms with E-state index < -0.39 is 0 Å². The van der Waals surface area contributed by atoms with Crippen molar-refractivity contribution in [3.8, 4) is 5.69 Å². The van der Waals surface area contributed by atoms with Gasteiger partial charge in [0, 0.05) is 6.20 Å². The number of carbonyl (C=O) groups excluding carboxylic acids is 1. The number of tetrazole rings is 1. The Morgan fingerprint density at radius 1 is 1.17 bits per heavy atom. The summed E-state index contributed by atoms with van der Waals surface area (Å²) < 4.78 is 1.61. The second-order valence-corrected chi connectivity index (χ2v) is 5.98. The molecule has 0 aliphatic carbocycles. The molecule has 0 aliphatic rings. The first-order valence-electron chi connectivity index (χ1n) is 6.96. The smallest absolute Gasteiger partial charge is 0.238 e. The van der Waals surface area contributed by atoms with Gasteiger partial charge in [-0.1, -0.05) is 36.0 Å². The Morgan fingerprint density at radius 2 is 1.96 bits per heavy atom. The number of carbonyl (C=O) groups is 1. The van der Waals surface area contributed by atoms with Crippen molar-refractivity contribution in [2.75, 3.05) is 5.32 Å². The largest absolute Gasteiger partial charge is 0.310 e. The fourth-order valence-corrected chi connectivity index (χ4v) is 2.67. The fraction of sp³-hybridized carbons (Fsp3) is 0.133. The maximum atomic E-state index is 12.2. The molecule has 3 rings (SSSR count). The summed E-state index contributed by atoms with van der Waals surface area (Å²) in [5.74, 6) is 0.365. The van der Waals surface area contributed by atoms with Gasteiger partial charge in [0.1, 0.15) is 5.82 Å². The van der Waals surface area contributed by atoms with E-state index in [9.17, 15) is 4.79 Å². The number of thioether (sulfide) groups is 1. The molecule has 116 valence electrons. The summed E-state index contributed by atoms with van der Waals surface area (Å²) in [4.78, 5) is 16.3. The predicted molar refractivity (Wildman–Crippen MR) is 87.3 cm³/mol. The van der Waals surface area contributed by atoms with E-state index in [0.29, 0.717) is 11.0 Å². The van der Waals surface area contributed by atoms with Gasteiger partial charge >= 0.3 is 0 Å². The van der Waals surface area contributed by atoms with E-state index in [1.807, 2.05) is 36.4 Å². The standard InChI is InChI=1S/C15H14N6OS/c1-11(14(22)17-13-9-5-6-10-16-13)23-15-18-19-20-21(15)12-7-3-2-4-8-12/h2-11H,1H3,(H,16,17,22). The van der Waals surface area contributed by atoms with Crippen LogP contribution >= 0.6 is 11.8 Å². The maximum Gasteiger partial charge on any atom is 0.238 e. The number of rotatable bonds is 5. The maximum absolute atomic E-state index is 12.2. The molecule has 0 bridgehead atoms. The molecule has 0 saturated heterocycles. The minimum Gasteiger partial charge on any atom is -0.310 e. The monoisotopic (exact) mass is 326 g/mol. The second kappa shape index (κ2) is 7.01. The number of anilines is 1. The van der Waals surface area contributed by atoms with Crippen molar-refractivity contribution in [1.82, 2.24) is 25.2 Å². The van der Waals surface area contributed by atoms with Gasteiger partial charge in [-0.15, -0.1) is 5.10 Å². The molecule has 1 amide bonds. The van der Waals surface area contributed by atoms with E-state index in [1.165, 1.54) is 11.8 Å². The zero-order valence-electron chi connectivity index (χ0n) is 12.3. The third-order valence-electron chi connectivity index (χ3n) is 3.01. The first kappa shape index (κ1) is 15.2. The molecule has 1 atom stereocenters. The first-order valence-corrected chi connectivity index (χ1v) is 7.84. The Kier molecular flexibility index (Phi) is 4.62. The highest BCUT2D eigenvalue weighted by Gasteiger charge is 2.19. The van der Waals surface area contributed by atoms with Gasteiger partial charge in [0.2, 0.25) is 11.1 Å². The average molecular weight is 326 g/mol. The highest BCUT2D eigenvalue weighted by atomic mass is 32.2. The number of benzene rings is 1. The molecule has 2 heterocycles. The third-order valence-corrected chi connectivity index (χ3v) is 4.04. The van der Waals surface area contributed by atoms with Gasteiger partial charge < -0.3 is 5.32 Å². The average Bonchev–Trinajstić information content (AvgIpc) is 3.04. The van der Waals surface area contributed by atoms with E-state index in [1.54, 1.807) is 29.9 Å². The van der Waals surface area contributed by atoms with Crippen LogP contribution in [-0.4, -0.2) is 36.3 Å². The Labute approximate surface area is 137 Å². The second-order valence-electron chi connectivity index (χ2n) is 4.67. The van der Waals surface area contributed by atoms with Gasteiger partial charge in [-0.25, -0.2) is 4.98 Å². The summed E-state index contributed by atoms with van der Waals surface area (Å²) in [6, 6.07) is 14.9. The number of pyridine rings is 1. The van der Waals surface area contributed by atoms with Crippen LogP contribution in [0.2, 0.25) is 0 Å². The Hall–Kier alpha value is -2.74. The van der Waals surface area contributed by atoms with E-state index >= 15 is 0 Å². The van der Waals surface area contributed by atoms with Crippen molar-refractivity contribution in [3.63, 3.8) is 0 Å². The number of nitrogens with one attached hydrogen (secondary N) is 1. The fourth-order valence-electron chi connectivity index (χ4n) is 1.86. The Bertz CT molecular complexity index is 777. The normalized spacial score (nSPS) is 11.9. The molecule has 0 fully saturated rings. The molecule has 0 spiro atoms. The molecule has 1 unspecified atom stereocenters. The molecule has 0 saturated carbocycles. The predicted octanol–water partition coefficient (Wildman–Crippen LogP) is 2.18. The molecule has 1 N–H and O–H groups in total. The Morgan fingerprint density at radius 3 is 2.70 bits per heavy atom. The van der Waals surface area contributed by atoms with Gasteiger partial charge in [-0.05, 0) is 41.6 Å². The van der Waals surface area contributed by atoms with Gasteiger partial charge in [-0.2, -0.15) is 4.68 Å². The number of hydrogen-bond acceptors (Lipinski definition) is 6. The van der Waals surface area contributed by atoms with Crippen molar-refractivity contribution in [1.29, 1.82) is 0 Å². The minimum absolute atomic E-state index is 0.156. The quantitative estimate of drug-likeness (QED) is 0.723. The van der Waals surface area contributed by atoms with Crippen molar-refractivity contribution in [2.45, 2.75) is 17.3 Å². The summed E-state index contributed by atoms with van der Waals surface area (Å²) >= 11 is 1.29. The molecule has 23 heavy (non-hydrogen) atoms. The summed E-state index contributed by atoms with van der Waals surface area (Å²) in [5.41, 5.74) is 0.845. The molecule has 2 aromatic heterocycles. The topological polar surface area (TPSA) is 85.6 Å². The van der Waals surface area contributed by atoms with Crippen LogP contribution in [0.1, 0.15) is 6.92 Å². The van der Waals surface area contributed by atoms with Crippen molar-refractivity contribution >= 4 is 23.5 Å². The molecular weight excluding hydrogens is 312 g/mol. The lowest BCUT2D eigenvalue weighted by Gasteiger charge is -2.11. The number of amides is 1. The summed E-state index contributed by atoms with van der Waals surface area (Å²) in [6.45, 7) is 1.80. The van der Waals surface area contributed by atoms with Crippen LogP contribution < -0.4 is 5.32 Å². The summed E-state index contributed by atoms with van der Waals surface area (Å²) in [5, 5.41) is 14.6. The van der Waals surface area contributed by atoms with Crippen LogP contribution in [0.4, 0.5) is 5.82 Å². The Balaban J connectivity index is 1.70. The summed E-state index contributed by atoms with van der Waals surface area (Å²) in [6.07, 6.45) is 1.63. The highest BCUT2D eigenvalue weighted by molar-refractivity contribution is 8.00. The van der Waals surface area contributed by atoms with Crippen LogP contribution in [0, 0.1) is 0 Å². The van der Waals surface area contributed by atoms with E-state index in [0.717, 1.165) is 5.69 Å². The van der Waals surface area contributed by atoms with Crippen LogP contribution in [0.15, 0.2) is 59.9 Å². The van der Waals surface area contributed by atoms with Gasteiger partial charge in [-0.3, -0.25) is 4.79 Å². The lowest BCUT2D eigenvalue weighted by Crippen LogP contribution is -2.23. The van der Waals surface area contributed by atoms with Crippen molar-refractivity contribution in [2.24, 2.45) is 0 Å². The van der Waals surface area contributed by atoms with Crippen LogP contribution in [0.25, 0.3) is 5.69 Å². The van der Waals surface area contributed by atoms with Gasteiger partial charge in [0.25, 0.3) is 0 Å². The molecule has 1 aromatic carbocycles. The number of hydrogen-bond donors (Lipinski definition) is 1. The van der Waals surface area contributed by atoms with Crippen molar-refractivity contribution in [3.05, 3.63) is 54.7 Å². The van der Waals surface area contributed by atoms with Crippen molar-refractivity contribution < 1.29 is 4.79 Å². The lowest BCUT2D eigenvalue weighted by molar-refractivity contribution is -0.115. The van der Waals surface area contributed by atoms with Crippen LogP contribution in [0.3, 0.4) is 0 Å². The summed E-state index contributed by atoms with van der Waals surface area (Å²) in [7, 11) is 0. The SMILES string of the molecule is CC(Sc1nnnn1-c1ccccc1)C(=O)Nc1ccccn1. The van der Waals surface area contributed by atoms with Gasteiger partial charge in [0.15, 0.2) is 0 Å². The minimum atomic E-state index is -0.370. The molecule has 3 aromatic rings. The van der Waals surface area contributed by atoms with Crippen LogP contribution in [-0.2, 0) is 4.79 Å². The molecule has 7 nitrogen and oxygen atoms in total. The zero-order valence-corrected chi connectivity index (χ0v) is 13.1. The third kappa shape index (κ3) is 3.72. The molecule has 8 heteroatoms. The zero-order chi connectivity index (χ0) is 16.1. The molecule has 0 aliphatic heterocycles. The number of para-hydroxylation sites is 1. The number of aromatic nitrogens is 5. The van der Waals surface area contributed by atoms with E-state index in [2.05, 4.69) is 25.8 Å².